The van der Waals surface area contributed by atoms with Gasteiger partial charge in [-0.25, -0.2) is 0 Å². The summed E-state index contributed by atoms with van der Waals surface area (Å²) in [7, 11) is 1.80. The number of rotatable bonds is 8. The van der Waals surface area contributed by atoms with Crippen molar-refractivity contribution in [2.75, 3.05) is 20.3 Å². The van der Waals surface area contributed by atoms with Gasteiger partial charge in [-0.2, -0.15) is 0 Å². The molecule has 0 bridgehead atoms. The normalized spacial score (nSPS) is 25.8. The average Bonchev–Trinajstić information content (AvgIpc) is 2.57. The zero-order valence-electron chi connectivity index (χ0n) is 11.8. The summed E-state index contributed by atoms with van der Waals surface area (Å²) in [5.41, 5.74) is 0. The van der Waals surface area contributed by atoms with Crippen molar-refractivity contribution in [3.05, 3.63) is 0 Å². The molecule has 2 nitrogen and oxygen atoms in total. The summed E-state index contributed by atoms with van der Waals surface area (Å²) in [6.45, 7) is 4.39. The van der Waals surface area contributed by atoms with Crippen LogP contribution in [0.5, 0.6) is 0 Å². The molecule has 0 aromatic carbocycles. The monoisotopic (exact) mass is 241 g/mol. The number of nitrogens with one attached hydrogen (secondary N) is 1. The number of hydrogen-bond acceptors (Lipinski definition) is 2. The van der Waals surface area contributed by atoms with E-state index in [0.29, 0.717) is 0 Å². The molecule has 0 saturated heterocycles. The van der Waals surface area contributed by atoms with Crippen LogP contribution in [0.2, 0.25) is 0 Å². The van der Waals surface area contributed by atoms with E-state index in [-0.39, 0.29) is 0 Å². The Morgan fingerprint density at radius 2 is 1.94 bits per heavy atom. The van der Waals surface area contributed by atoms with Crippen molar-refractivity contribution >= 4 is 0 Å². The van der Waals surface area contributed by atoms with Gasteiger partial charge in [-0.1, -0.05) is 32.6 Å². The molecule has 1 aliphatic rings. The summed E-state index contributed by atoms with van der Waals surface area (Å²) in [5, 5.41) is 3.77. The first-order valence-corrected chi connectivity index (χ1v) is 7.60. The fourth-order valence-corrected chi connectivity index (χ4v) is 2.98. The van der Waals surface area contributed by atoms with Gasteiger partial charge in [0.25, 0.3) is 0 Å². The summed E-state index contributed by atoms with van der Waals surface area (Å²) in [5.74, 6) is 0.918. The first kappa shape index (κ1) is 15.0. The van der Waals surface area contributed by atoms with Gasteiger partial charge < -0.3 is 10.1 Å². The van der Waals surface area contributed by atoms with E-state index < -0.39 is 0 Å². The van der Waals surface area contributed by atoms with Crippen LogP contribution in [0.3, 0.4) is 0 Å². The van der Waals surface area contributed by atoms with Crippen LogP contribution in [-0.4, -0.2) is 26.3 Å². The molecule has 1 rings (SSSR count). The zero-order chi connectivity index (χ0) is 12.3. The van der Waals surface area contributed by atoms with Crippen molar-refractivity contribution in [2.24, 2.45) is 5.92 Å². The molecule has 102 valence electrons. The predicted molar refractivity (Wildman–Crippen MR) is 74.4 cm³/mol. The number of hydrogen-bond donors (Lipinski definition) is 1. The molecule has 0 radical (unpaired) electrons. The second-order valence-corrected chi connectivity index (χ2v) is 5.45. The minimum absolute atomic E-state index is 0.792. The van der Waals surface area contributed by atoms with Gasteiger partial charge in [0.15, 0.2) is 0 Å². The highest BCUT2D eigenvalue weighted by Gasteiger charge is 2.22. The molecular formula is C15H31NO. The second-order valence-electron chi connectivity index (χ2n) is 5.45. The zero-order valence-corrected chi connectivity index (χ0v) is 11.8. The molecule has 1 aliphatic carbocycles. The Kier molecular flexibility index (Phi) is 8.72. The Labute approximate surface area is 108 Å². The highest BCUT2D eigenvalue weighted by atomic mass is 16.5. The van der Waals surface area contributed by atoms with Gasteiger partial charge in [0, 0.05) is 19.8 Å². The van der Waals surface area contributed by atoms with E-state index >= 15 is 0 Å². The third-order valence-electron chi connectivity index (χ3n) is 3.99. The van der Waals surface area contributed by atoms with Crippen molar-refractivity contribution in [2.45, 2.75) is 70.8 Å². The van der Waals surface area contributed by atoms with Crippen molar-refractivity contribution in [3.63, 3.8) is 0 Å². The smallest absolute Gasteiger partial charge is 0.0462 e. The van der Waals surface area contributed by atoms with Crippen molar-refractivity contribution in [1.29, 1.82) is 0 Å². The molecule has 0 aromatic rings. The van der Waals surface area contributed by atoms with Crippen LogP contribution in [0, 0.1) is 5.92 Å². The van der Waals surface area contributed by atoms with E-state index in [0.717, 1.165) is 18.6 Å². The maximum Gasteiger partial charge on any atom is 0.0462 e. The Bertz CT molecular complexity index is 172. The average molecular weight is 241 g/mol. The maximum absolute atomic E-state index is 5.13. The van der Waals surface area contributed by atoms with E-state index in [9.17, 15) is 0 Å². The van der Waals surface area contributed by atoms with Crippen LogP contribution < -0.4 is 5.32 Å². The second kappa shape index (κ2) is 9.90. The molecule has 2 unspecified atom stereocenters. The van der Waals surface area contributed by atoms with Crippen LogP contribution in [0.15, 0.2) is 0 Å². The lowest BCUT2D eigenvalue weighted by Gasteiger charge is -2.26. The lowest BCUT2D eigenvalue weighted by atomic mass is 9.89. The standard InChI is InChI=1S/C15H31NO/c1-3-12-16-15-11-6-4-5-9-14(15)10-7-8-13-17-2/h14-16H,3-13H2,1-2H3. The van der Waals surface area contributed by atoms with E-state index in [1.807, 2.05) is 0 Å². The van der Waals surface area contributed by atoms with E-state index in [4.69, 9.17) is 4.74 Å². The fourth-order valence-electron chi connectivity index (χ4n) is 2.98. The molecule has 0 heterocycles. The molecule has 1 N–H and O–H groups in total. The van der Waals surface area contributed by atoms with Gasteiger partial charge in [0.2, 0.25) is 0 Å². The predicted octanol–water partition coefficient (Wildman–Crippen LogP) is 3.75. The SMILES string of the molecule is CCCNC1CCCCCC1CCCCOC. The van der Waals surface area contributed by atoms with Crippen LogP contribution in [0.4, 0.5) is 0 Å². The highest BCUT2D eigenvalue weighted by molar-refractivity contribution is 4.79. The van der Waals surface area contributed by atoms with Gasteiger partial charge in [-0.15, -0.1) is 0 Å². The quantitative estimate of drug-likeness (QED) is 0.516. The molecule has 1 saturated carbocycles. The Morgan fingerprint density at radius 3 is 2.71 bits per heavy atom. The van der Waals surface area contributed by atoms with Gasteiger partial charge in [0.05, 0.1) is 0 Å². The Balaban J connectivity index is 2.27. The Hall–Kier alpha value is -0.0800. The molecular weight excluding hydrogens is 210 g/mol. The van der Waals surface area contributed by atoms with Crippen LogP contribution >= 0.6 is 0 Å². The van der Waals surface area contributed by atoms with Crippen LogP contribution in [-0.2, 0) is 4.74 Å². The molecule has 2 atom stereocenters. The molecule has 2 heteroatoms. The Morgan fingerprint density at radius 1 is 1.12 bits per heavy atom. The minimum atomic E-state index is 0.792. The van der Waals surface area contributed by atoms with Gasteiger partial charge in [-0.05, 0) is 44.6 Å². The van der Waals surface area contributed by atoms with Gasteiger partial charge in [-0.3, -0.25) is 0 Å². The minimum Gasteiger partial charge on any atom is -0.385 e. The van der Waals surface area contributed by atoms with E-state index in [2.05, 4.69) is 12.2 Å². The van der Waals surface area contributed by atoms with Crippen LogP contribution in [0.25, 0.3) is 0 Å². The maximum atomic E-state index is 5.13. The van der Waals surface area contributed by atoms with Crippen molar-refractivity contribution in [3.8, 4) is 0 Å². The molecule has 1 fully saturated rings. The van der Waals surface area contributed by atoms with Crippen molar-refractivity contribution in [1.82, 2.24) is 5.32 Å². The van der Waals surface area contributed by atoms with E-state index in [1.165, 1.54) is 64.3 Å². The van der Waals surface area contributed by atoms with Crippen molar-refractivity contribution < 1.29 is 4.74 Å². The highest BCUT2D eigenvalue weighted by Crippen LogP contribution is 2.27. The third kappa shape index (κ3) is 6.42. The largest absolute Gasteiger partial charge is 0.385 e. The lowest BCUT2D eigenvalue weighted by Crippen LogP contribution is -2.36. The molecule has 17 heavy (non-hydrogen) atoms. The summed E-state index contributed by atoms with van der Waals surface area (Å²) >= 11 is 0. The third-order valence-corrected chi connectivity index (χ3v) is 3.99. The molecule has 0 amide bonds. The lowest BCUT2D eigenvalue weighted by molar-refractivity contribution is 0.187. The van der Waals surface area contributed by atoms with E-state index in [1.54, 1.807) is 7.11 Å². The number of methoxy groups -OCH3 is 1. The summed E-state index contributed by atoms with van der Waals surface area (Å²) in [6, 6.07) is 0.792. The topological polar surface area (TPSA) is 21.3 Å². The van der Waals surface area contributed by atoms with Gasteiger partial charge >= 0.3 is 0 Å². The van der Waals surface area contributed by atoms with Crippen LogP contribution in [0.1, 0.15) is 64.7 Å². The summed E-state index contributed by atoms with van der Waals surface area (Å²) < 4.78 is 5.13. The first-order valence-electron chi connectivity index (χ1n) is 7.60. The fraction of sp³-hybridized carbons (Fsp3) is 1.00. The molecule has 0 aromatic heterocycles. The summed E-state index contributed by atoms with van der Waals surface area (Å²) in [6.07, 6.45) is 12.4. The number of unbranched alkanes of at least 4 members (excludes halogenated alkanes) is 1. The number of ether oxygens (including phenoxy) is 1. The van der Waals surface area contributed by atoms with Gasteiger partial charge in [0.1, 0.15) is 0 Å². The molecule has 0 aliphatic heterocycles. The molecule has 0 spiro atoms. The first-order chi connectivity index (χ1) is 8.38. The summed E-state index contributed by atoms with van der Waals surface area (Å²) in [4.78, 5) is 0.